The van der Waals surface area contributed by atoms with E-state index in [1.807, 2.05) is 0 Å². The van der Waals surface area contributed by atoms with Crippen LogP contribution in [0.25, 0.3) is 22.3 Å². The predicted molar refractivity (Wildman–Crippen MR) is 89.7 cm³/mol. The first-order valence-electron chi connectivity index (χ1n) is 7.62. The van der Waals surface area contributed by atoms with Crippen molar-refractivity contribution in [3.05, 3.63) is 53.3 Å². The number of rotatable bonds is 5. The molecule has 3 aromatic rings. The lowest BCUT2D eigenvalue weighted by molar-refractivity contribution is 0.0699. The van der Waals surface area contributed by atoms with E-state index in [4.69, 9.17) is 9.15 Å². The number of ether oxygens (including phenoxy) is 1. The zero-order valence-electron chi connectivity index (χ0n) is 13.6. The number of carboxylic acid groups (broad SMARTS) is 1. The van der Waals surface area contributed by atoms with Crippen molar-refractivity contribution in [2.75, 3.05) is 0 Å². The molecule has 1 heterocycles. The molecular weight excluding hydrogens is 327 g/mol. The number of carbonyl (C=O) groups excluding carboxylic acids is 1. The van der Waals surface area contributed by atoms with Crippen LogP contribution < -0.4 is 4.74 Å². The maximum absolute atomic E-state index is 13.1. The summed E-state index contributed by atoms with van der Waals surface area (Å²) in [5, 5.41) is 9.94. The van der Waals surface area contributed by atoms with Crippen LogP contribution in [0.1, 0.15) is 34.6 Å². The number of aldehydes is 1. The molecule has 0 spiro atoms. The van der Waals surface area contributed by atoms with Gasteiger partial charge in [0, 0.05) is 10.9 Å². The molecule has 5 nitrogen and oxygen atoms in total. The van der Waals surface area contributed by atoms with Crippen molar-refractivity contribution in [1.82, 2.24) is 0 Å². The maximum Gasteiger partial charge on any atom is 0.340 e. The molecule has 0 atom stereocenters. The van der Waals surface area contributed by atoms with Crippen LogP contribution in [0, 0.1) is 5.82 Å². The quantitative estimate of drug-likeness (QED) is 0.689. The van der Waals surface area contributed by atoms with Crippen LogP contribution in [0.5, 0.6) is 5.75 Å². The molecule has 6 heteroatoms. The minimum Gasteiger partial charge on any atom is -0.490 e. The van der Waals surface area contributed by atoms with Gasteiger partial charge in [-0.2, -0.15) is 0 Å². The topological polar surface area (TPSA) is 76.7 Å². The molecule has 0 unspecified atom stereocenters. The van der Waals surface area contributed by atoms with Crippen LogP contribution in [0.15, 0.2) is 40.8 Å². The summed E-state index contributed by atoms with van der Waals surface area (Å²) in [4.78, 5) is 23.1. The van der Waals surface area contributed by atoms with Crippen LogP contribution in [-0.2, 0) is 0 Å². The van der Waals surface area contributed by atoms with Gasteiger partial charge in [0.1, 0.15) is 28.5 Å². The van der Waals surface area contributed by atoms with E-state index in [1.165, 1.54) is 36.4 Å². The molecule has 0 fully saturated rings. The molecule has 0 saturated heterocycles. The zero-order chi connectivity index (χ0) is 18.1. The highest BCUT2D eigenvalue weighted by molar-refractivity contribution is 6.09. The number of benzene rings is 2. The Balaban J connectivity index is 2.28. The number of carboxylic acids is 1. The van der Waals surface area contributed by atoms with E-state index >= 15 is 0 Å². The molecule has 0 aliphatic carbocycles. The first-order valence-corrected chi connectivity index (χ1v) is 7.62. The monoisotopic (exact) mass is 342 g/mol. The van der Waals surface area contributed by atoms with E-state index in [-0.39, 0.29) is 34.3 Å². The highest BCUT2D eigenvalue weighted by Gasteiger charge is 2.23. The fraction of sp³-hybridized carbons (Fsp3) is 0.158. The second-order valence-corrected chi connectivity index (χ2v) is 5.79. The van der Waals surface area contributed by atoms with Gasteiger partial charge in [-0.15, -0.1) is 0 Å². The summed E-state index contributed by atoms with van der Waals surface area (Å²) < 4.78 is 24.4. The first kappa shape index (κ1) is 16.7. The van der Waals surface area contributed by atoms with Crippen molar-refractivity contribution in [3.8, 4) is 17.1 Å². The van der Waals surface area contributed by atoms with Crippen LogP contribution >= 0.6 is 0 Å². The van der Waals surface area contributed by atoms with Gasteiger partial charge in [0.25, 0.3) is 0 Å². The normalized spacial score (nSPS) is 11.0. The summed E-state index contributed by atoms with van der Waals surface area (Å²) in [6.07, 6.45) is 0.436. The van der Waals surface area contributed by atoms with Crippen molar-refractivity contribution < 1.29 is 28.2 Å². The summed E-state index contributed by atoms with van der Waals surface area (Å²) in [7, 11) is 0. The van der Waals surface area contributed by atoms with Crippen LogP contribution in [0.4, 0.5) is 4.39 Å². The van der Waals surface area contributed by atoms with Gasteiger partial charge < -0.3 is 14.3 Å². The molecule has 0 saturated carbocycles. The summed E-state index contributed by atoms with van der Waals surface area (Å²) in [5.74, 6) is -1.24. The second kappa shape index (κ2) is 6.39. The van der Waals surface area contributed by atoms with E-state index in [0.717, 1.165) is 0 Å². The second-order valence-electron chi connectivity index (χ2n) is 5.79. The van der Waals surface area contributed by atoms with Gasteiger partial charge in [-0.1, -0.05) is 0 Å². The van der Waals surface area contributed by atoms with Gasteiger partial charge in [0.2, 0.25) is 0 Å². The average Bonchev–Trinajstić information content (AvgIpc) is 2.92. The van der Waals surface area contributed by atoms with Crippen LogP contribution in [0.2, 0.25) is 0 Å². The lowest BCUT2D eigenvalue weighted by atomic mass is 10.0. The molecule has 3 rings (SSSR count). The Hall–Kier alpha value is -3.15. The number of furan rings is 1. The van der Waals surface area contributed by atoms with Gasteiger partial charge in [0.05, 0.1) is 11.7 Å². The lowest BCUT2D eigenvalue weighted by Gasteiger charge is -2.11. The van der Waals surface area contributed by atoms with Gasteiger partial charge in [0.15, 0.2) is 6.29 Å². The molecule has 128 valence electrons. The van der Waals surface area contributed by atoms with Crippen LogP contribution in [0.3, 0.4) is 0 Å². The van der Waals surface area contributed by atoms with E-state index in [0.29, 0.717) is 17.2 Å². The van der Waals surface area contributed by atoms with E-state index in [1.54, 1.807) is 13.8 Å². The predicted octanol–water partition coefficient (Wildman–Crippen LogP) is 4.54. The summed E-state index contributed by atoms with van der Waals surface area (Å²) in [5.41, 5.74) is 0.870. The Morgan fingerprint density at radius 3 is 2.48 bits per heavy atom. The Labute approximate surface area is 142 Å². The highest BCUT2D eigenvalue weighted by atomic mass is 19.1. The lowest BCUT2D eigenvalue weighted by Crippen LogP contribution is -2.07. The Bertz CT molecular complexity index is 954. The molecule has 25 heavy (non-hydrogen) atoms. The fourth-order valence-electron chi connectivity index (χ4n) is 2.60. The molecule has 2 aromatic carbocycles. The van der Waals surface area contributed by atoms with Crippen molar-refractivity contribution in [2.45, 2.75) is 20.0 Å². The van der Waals surface area contributed by atoms with Gasteiger partial charge in [-0.3, -0.25) is 4.79 Å². The summed E-state index contributed by atoms with van der Waals surface area (Å²) in [6, 6.07) is 8.24. The van der Waals surface area contributed by atoms with Crippen LogP contribution in [-0.4, -0.2) is 23.5 Å². The molecule has 0 amide bonds. The summed E-state index contributed by atoms with van der Waals surface area (Å²) in [6.45, 7) is 3.60. The molecule has 0 bridgehead atoms. The van der Waals surface area contributed by atoms with Crippen molar-refractivity contribution >= 4 is 23.2 Å². The summed E-state index contributed by atoms with van der Waals surface area (Å²) >= 11 is 0. The number of fused-ring (bicyclic) bond motifs is 1. The third-order valence-electron chi connectivity index (χ3n) is 3.63. The molecule has 1 aromatic heterocycles. The van der Waals surface area contributed by atoms with Gasteiger partial charge in [-0.25, -0.2) is 9.18 Å². The number of aromatic carboxylic acids is 1. The minimum absolute atomic E-state index is 0.0623. The molecule has 0 radical (unpaired) electrons. The SMILES string of the molecule is CC(C)Oc1cc2c(C(=O)O)c(-c3ccc(F)cc3)oc2cc1C=O. The minimum atomic E-state index is -1.19. The number of carbonyl (C=O) groups is 2. The molecule has 1 N–H and O–H groups in total. The molecule has 0 aliphatic heterocycles. The fourth-order valence-corrected chi connectivity index (χ4v) is 2.60. The van der Waals surface area contributed by atoms with Crippen molar-refractivity contribution in [2.24, 2.45) is 0 Å². The first-order chi connectivity index (χ1) is 11.9. The van der Waals surface area contributed by atoms with Crippen molar-refractivity contribution in [3.63, 3.8) is 0 Å². The Kier molecular flexibility index (Phi) is 4.27. The smallest absolute Gasteiger partial charge is 0.340 e. The van der Waals surface area contributed by atoms with Gasteiger partial charge >= 0.3 is 5.97 Å². The molecule has 0 aliphatic rings. The Morgan fingerprint density at radius 1 is 1.24 bits per heavy atom. The van der Waals surface area contributed by atoms with Crippen molar-refractivity contribution in [1.29, 1.82) is 0 Å². The number of hydrogen-bond acceptors (Lipinski definition) is 4. The van der Waals surface area contributed by atoms with E-state index in [9.17, 15) is 19.1 Å². The third-order valence-corrected chi connectivity index (χ3v) is 3.63. The van der Waals surface area contributed by atoms with E-state index < -0.39 is 11.8 Å². The largest absolute Gasteiger partial charge is 0.490 e. The molecular formula is C19H15FO5. The zero-order valence-corrected chi connectivity index (χ0v) is 13.6. The van der Waals surface area contributed by atoms with E-state index in [2.05, 4.69) is 0 Å². The highest BCUT2D eigenvalue weighted by Crippen LogP contribution is 2.37. The third kappa shape index (κ3) is 3.10. The Morgan fingerprint density at radius 2 is 1.92 bits per heavy atom. The average molecular weight is 342 g/mol. The number of hydrogen-bond donors (Lipinski definition) is 1. The van der Waals surface area contributed by atoms with Gasteiger partial charge in [-0.05, 0) is 50.2 Å². The standard InChI is InChI=1S/C19H15FO5/c1-10(2)24-15-8-14-16(7-12(15)9-21)25-18(17(14)19(22)23)11-3-5-13(20)6-4-11/h3-10H,1-2H3,(H,22,23). The number of halogens is 1. The maximum atomic E-state index is 13.1.